The molecule has 3 rings (SSSR count). The van der Waals surface area contributed by atoms with Crippen molar-refractivity contribution in [3.63, 3.8) is 0 Å². The highest BCUT2D eigenvalue weighted by Crippen LogP contribution is 2.28. The maximum absolute atomic E-state index is 5.93. The first-order valence-electron chi connectivity index (χ1n) is 8.99. The van der Waals surface area contributed by atoms with Crippen LogP contribution in [-0.2, 0) is 18.6 Å². The van der Waals surface area contributed by atoms with Gasteiger partial charge in [-0.1, -0.05) is 57.2 Å². The number of aromatic nitrogens is 1. The second-order valence-corrected chi connectivity index (χ2v) is 8.02. The third-order valence-electron chi connectivity index (χ3n) is 4.90. The first-order chi connectivity index (χ1) is 12.5. The highest BCUT2D eigenvalue weighted by Gasteiger charge is 2.17. The van der Waals surface area contributed by atoms with Gasteiger partial charge in [-0.3, -0.25) is 0 Å². The summed E-state index contributed by atoms with van der Waals surface area (Å²) in [5.74, 6) is 0.900. The molecule has 0 amide bonds. The minimum atomic E-state index is 0.202. The zero-order valence-corrected chi connectivity index (χ0v) is 16.5. The Balaban J connectivity index is 1.61. The molecule has 0 radical (unpaired) electrons. The van der Waals surface area contributed by atoms with Gasteiger partial charge in [0.2, 0.25) is 0 Å². The molecule has 0 bridgehead atoms. The molecule has 0 aliphatic heterocycles. The average Bonchev–Trinajstić information content (AvgIpc) is 3.16. The van der Waals surface area contributed by atoms with Crippen LogP contribution in [0.5, 0.6) is 5.75 Å². The molecule has 0 saturated carbocycles. The molecule has 4 heteroatoms. The Hall–Kier alpha value is -2.17. The van der Waals surface area contributed by atoms with Crippen LogP contribution in [0, 0.1) is 0 Å². The molecule has 1 aromatic heterocycles. The zero-order chi connectivity index (χ0) is 18.6. The lowest BCUT2D eigenvalue weighted by Crippen LogP contribution is -2.15. The molecule has 0 unspecified atom stereocenters. The molecule has 2 N–H and O–H groups in total. The van der Waals surface area contributed by atoms with Gasteiger partial charge in [0.1, 0.15) is 17.4 Å². The van der Waals surface area contributed by atoms with Crippen LogP contribution in [0.15, 0.2) is 53.9 Å². The molecule has 0 fully saturated rings. The molecular formula is C22H26N2OS. The molecule has 3 aromatic rings. The van der Waals surface area contributed by atoms with Gasteiger partial charge in [-0.2, -0.15) is 0 Å². The highest BCUT2D eigenvalue weighted by atomic mass is 32.1. The maximum atomic E-state index is 5.93. The van der Waals surface area contributed by atoms with Crippen molar-refractivity contribution in [1.29, 1.82) is 0 Å². The fraction of sp³-hybridized carbons (Fsp3) is 0.318. The summed E-state index contributed by atoms with van der Waals surface area (Å²) >= 11 is 1.60. The lowest BCUT2D eigenvalue weighted by atomic mass is 9.82. The number of thiazole rings is 1. The molecule has 26 heavy (non-hydrogen) atoms. The van der Waals surface area contributed by atoms with E-state index in [4.69, 9.17) is 10.5 Å². The van der Waals surface area contributed by atoms with Gasteiger partial charge in [-0.15, -0.1) is 11.3 Å². The Bertz CT molecular complexity index is 835. The number of hydrogen-bond donors (Lipinski definition) is 1. The summed E-state index contributed by atoms with van der Waals surface area (Å²) in [6, 6.07) is 16.8. The summed E-state index contributed by atoms with van der Waals surface area (Å²) in [5, 5.41) is 3.01. The third kappa shape index (κ3) is 4.32. The summed E-state index contributed by atoms with van der Waals surface area (Å²) in [6.07, 6.45) is 1.12. The van der Waals surface area contributed by atoms with Gasteiger partial charge in [0.15, 0.2) is 0 Å². The van der Waals surface area contributed by atoms with Gasteiger partial charge in [0, 0.05) is 17.5 Å². The summed E-state index contributed by atoms with van der Waals surface area (Å²) in [4.78, 5) is 4.52. The van der Waals surface area contributed by atoms with E-state index in [-0.39, 0.29) is 5.41 Å². The summed E-state index contributed by atoms with van der Waals surface area (Å²) in [7, 11) is 0. The van der Waals surface area contributed by atoms with E-state index < -0.39 is 0 Å². The molecule has 3 nitrogen and oxygen atoms in total. The summed E-state index contributed by atoms with van der Waals surface area (Å²) < 4.78 is 5.93. The van der Waals surface area contributed by atoms with Crippen LogP contribution in [0.4, 0.5) is 0 Å². The number of nitrogens with two attached hydrogens (primary N) is 1. The van der Waals surface area contributed by atoms with Crippen molar-refractivity contribution in [3.8, 4) is 17.0 Å². The Morgan fingerprint density at radius 3 is 2.31 bits per heavy atom. The van der Waals surface area contributed by atoms with Gasteiger partial charge in [-0.05, 0) is 35.1 Å². The zero-order valence-electron chi connectivity index (χ0n) is 15.7. The largest absolute Gasteiger partial charge is 0.489 e. The molecule has 0 saturated heterocycles. The molecule has 0 spiro atoms. The van der Waals surface area contributed by atoms with Crippen LogP contribution >= 0.6 is 11.3 Å². The minimum absolute atomic E-state index is 0.202. The molecule has 136 valence electrons. The Morgan fingerprint density at radius 2 is 1.73 bits per heavy atom. The average molecular weight is 367 g/mol. The Morgan fingerprint density at radius 1 is 1.04 bits per heavy atom. The fourth-order valence-corrected chi connectivity index (χ4v) is 3.37. The van der Waals surface area contributed by atoms with E-state index in [1.165, 1.54) is 5.56 Å². The van der Waals surface area contributed by atoms with Gasteiger partial charge in [-0.25, -0.2) is 4.98 Å². The quantitative estimate of drug-likeness (QED) is 0.597. The van der Waals surface area contributed by atoms with E-state index >= 15 is 0 Å². The summed E-state index contributed by atoms with van der Waals surface area (Å²) in [5.41, 5.74) is 10.4. The number of benzene rings is 2. The SMILES string of the molecule is CCC(C)(C)c1ccc(OCc2ccc(-c3csc(CN)n3)cc2)cc1. The predicted octanol–water partition coefficient (Wildman–Crippen LogP) is 5.54. The van der Waals surface area contributed by atoms with Gasteiger partial charge < -0.3 is 10.5 Å². The molecule has 0 atom stereocenters. The second kappa shape index (κ2) is 8.02. The lowest BCUT2D eigenvalue weighted by Gasteiger charge is -2.23. The van der Waals surface area contributed by atoms with Gasteiger partial charge in [0.05, 0.1) is 5.69 Å². The first kappa shape index (κ1) is 18.6. The lowest BCUT2D eigenvalue weighted by molar-refractivity contribution is 0.306. The van der Waals surface area contributed by atoms with Crippen molar-refractivity contribution in [1.82, 2.24) is 4.98 Å². The van der Waals surface area contributed by atoms with Crippen LogP contribution < -0.4 is 10.5 Å². The number of hydrogen-bond acceptors (Lipinski definition) is 4. The van der Waals surface area contributed by atoms with E-state index in [1.54, 1.807) is 11.3 Å². The monoisotopic (exact) mass is 366 g/mol. The van der Waals surface area contributed by atoms with Gasteiger partial charge >= 0.3 is 0 Å². The van der Waals surface area contributed by atoms with Crippen LogP contribution in [0.2, 0.25) is 0 Å². The minimum Gasteiger partial charge on any atom is -0.489 e. The van der Waals surface area contributed by atoms with Crippen LogP contribution in [0.1, 0.15) is 43.3 Å². The predicted molar refractivity (Wildman–Crippen MR) is 110 cm³/mol. The van der Waals surface area contributed by atoms with Gasteiger partial charge in [0.25, 0.3) is 0 Å². The number of rotatable bonds is 7. The van der Waals surface area contributed by atoms with E-state index in [2.05, 4.69) is 74.3 Å². The van der Waals surface area contributed by atoms with Crippen molar-refractivity contribution < 1.29 is 4.74 Å². The van der Waals surface area contributed by atoms with Crippen molar-refractivity contribution in [2.75, 3.05) is 0 Å². The van der Waals surface area contributed by atoms with Crippen LogP contribution in [0.25, 0.3) is 11.3 Å². The Labute approximate surface area is 159 Å². The van der Waals surface area contributed by atoms with Crippen molar-refractivity contribution in [3.05, 3.63) is 70.0 Å². The van der Waals surface area contributed by atoms with Crippen molar-refractivity contribution in [2.24, 2.45) is 5.73 Å². The maximum Gasteiger partial charge on any atom is 0.119 e. The number of ether oxygens (including phenoxy) is 1. The first-order valence-corrected chi connectivity index (χ1v) is 9.87. The second-order valence-electron chi connectivity index (χ2n) is 7.08. The van der Waals surface area contributed by atoms with E-state index in [1.807, 2.05) is 5.38 Å². The standard InChI is InChI=1S/C22H26N2OS/c1-4-22(2,3)18-9-11-19(12-10-18)25-14-16-5-7-17(8-6-16)20-15-26-21(13-23)24-20/h5-12,15H,4,13-14,23H2,1-3H3. The molecule has 2 aromatic carbocycles. The van der Waals surface area contributed by atoms with Crippen molar-refractivity contribution >= 4 is 11.3 Å². The molecule has 1 heterocycles. The van der Waals surface area contributed by atoms with E-state index in [0.29, 0.717) is 13.2 Å². The summed E-state index contributed by atoms with van der Waals surface area (Å²) in [6.45, 7) is 7.80. The highest BCUT2D eigenvalue weighted by molar-refractivity contribution is 7.09. The van der Waals surface area contributed by atoms with Crippen molar-refractivity contribution in [2.45, 2.75) is 45.8 Å². The van der Waals surface area contributed by atoms with Crippen LogP contribution in [-0.4, -0.2) is 4.98 Å². The Kier molecular flexibility index (Phi) is 5.74. The molecule has 0 aliphatic carbocycles. The van der Waals surface area contributed by atoms with E-state index in [0.717, 1.165) is 34.0 Å². The fourth-order valence-electron chi connectivity index (χ4n) is 2.68. The topological polar surface area (TPSA) is 48.1 Å². The normalized spacial score (nSPS) is 11.5. The number of nitrogens with zero attached hydrogens (tertiary/aromatic N) is 1. The molecular weight excluding hydrogens is 340 g/mol. The van der Waals surface area contributed by atoms with E-state index in [9.17, 15) is 0 Å². The smallest absolute Gasteiger partial charge is 0.119 e. The third-order valence-corrected chi connectivity index (χ3v) is 5.77. The van der Waals surface area contributed by atoms with Crippen LogP contribution in [0.3, 0.4) is 0 Å². The molecule has 0 aliphatic rings.